The number of carbonyl (C=O) groups excluding carboxylic acids is 2. The van der Waals surface area contributed by atoms with Crippen molar-refractivity contribution in [3.8, 4) is 0 Å². The number of nitrogens with one attached hydrogen (secondary N) is 2. The third kappa shape index (κ3) is 4.37. The summed E-state index contributed by atoms with van der Waals surface area (Å²) in [6.07, 6.45) is 2.43. The van der Waals surface area contributed by atoms with E-state index in [1.54, 1.807) is 31.1 Å². The first-order valence-electron chi connectivity index (χ1n) is 9.00. The minimum absolute atomic E-state index is 0.0624. The number of aromatic nitrogens is 2. The zero-order chi connectivity index (χ0) is 20.3. The van der Waals surface area contributed by atoms with Crippen molar-refractivity contribution in [2.75, 3.05) is 37.8 Å². The average Bonchev–Trinajstić information content (AvgIpc) is 3.05. The number of ketones is 1. The summed E-state index contributed by atoms with van der Waals surface area (Å²) in [5.74, 6) is 0.212. The summed E-state index contributed by atoms with van der Waals surface area (Å²) in [5, 5.41) is 16.9. The van der Waals surface area contributed by atoms with Crippen LogP contribution in [0.1, 0.15) is 34.3 Å². The number of allylic oxidation sites excluding steroid dienone is 1. The molecule has 0 aromatic carbocycles. The van der Waals surface area contributed by atoms with E-state index in [9.17, 15) is 14.7 Å². The maximum atomic E-state index is 12.8. The van der Waals surface area contributed by atoms with Crippen molar-refractivity contribution in [3.63, 3.8) is 0 Å². The molecule has 1 aliphatic carbocycles. The van der Waals surface area contributed by atoms with Gasteiger partial charge < -0.3 is 20.6 Å². The number of amides is 1. The highest BCUT2D eigenvalue weighted by Gasteiger charge is 2.28. The number of likely N-dealkylation sites (N-methyl/N-ethyl adjacent to an activating group) is 1. The first-order valence-corrected chi connectivity index (χ1v) is 9.82. The van der Waals surface area contributed by atoms with Gasteiger partial charge in [-0.25, -0.2) is 9.97 Å². The molecular weight excluding hydrogens is 378 g/mol. The van der Waals surface area contributed by atoms with Crippen molar-refractivity contribution in [1.82, 2.24) is 14.9 Å². The normalized spacial score (nSPS) is 13.4. The van der Waals surface area contributed by atoms with E-state index in [0.717, 1.165) is 6.54 Å². The third-order valence-electron chi connectivity index (χ3n) is 4.17. The molecule has 0 radical (unpaired) electrons. The molecule has 1 amide bonds. The van der Waals surface area contributed by atoms with Crippen LogP contribution >= 0.6 is 11.3 Å². The Kier molecular flexibility index (Phi) is 6.05. The lowest BCUT2D eigenvalue weighted by molar-refractivity contribution is -0.116. The number of hydrogen-bond donors (Lipinski definition) is 3. The van der Waals surface area contributed by atoms with Crippen LogP contribution in [0.3, 0.4) is 0 Å². The maximum Gasteiger partial charge on any atom is 0.240 e. The number of pyridine rings is 1. The highest BCUT2D eigenvalue weighted by atomic mass is 32.1. The minimum atomic E-state index is -0.245. The number of rotatable bonds is 7. The summed E-state index contributed by atoms with van der Waals surface area (Å²) in [6.45, 7) is 2.95. The van der Waals surface area contributed by atoms with Gasteiger partial charge >= 0.3 is 0 Å². The second-order valence-electron chi connectivity index (χ2n) is 6.70. The first-order chi connectivity index (χ1) is 13.4. The quantitative estimate of drug-likeness (QED) is 0.612. The number of anilines is 2. The molecule has 28 heavy (non-hydrogen) atoms. The predicted molar refractivity (Wildman–Crippen MR) is 110 cm³/mol. The summed E-state index contributed by atoms with van der Waals surface area (Å²) in [5.41, 5.74) is 1.47. The Morgan fingerprint density at radius 1 is 1.29 bits per heavy atom. The second-order valence-corrected chi connectivity index (χ2v) is 7.70. The van der Waals surface area contributed by atoms with Gasteiger partial charge in [0, 0.05) is 23.9 Å². The summed E-state index contributed by atoms with van der Waals surface area (Å²) >= 11 is 1.18. The Morgan fingerprint density at radius 2 is 2.07 bits per heavy atom. The van der Waals surface area contributed by atoms with Gasteiger partial charge in [-0.15, -0.1) is 0 Å². The van der Waals surface area contributed by atoms with Gasteiger partial charge in [0.05, 0.1) is 17.1 Å². The van der Waals surface area contributed by atoms with Crippen LogP contribution in [0.15, 0.2) is 23.9 Å². The standard InChI is InChI=1S/C19H23N5O3S/c1-4-20-14-8-5-11(9-21-14)16(26)12-6-7-13-18(17(12)27)28-19(22-13)23-15(25)10-24(2)3/h5,8-9,27H,4,6-7,10H2,1-3H3,(H,20,21)(H,22,23,25). The fourth-order valence-electron chi connectivity index (χ4n) is 2.91. The monoisotopic (exact) mass is 401 g/mol. The van der Waals surface area contributed by atoms with Crippen molar-refractivity contribution < 1.29 is 14.7 Å². The zero-order valence-corrected chi connectivity index (χ0v) is 16.9. The van der Waals surface area contributed by atoms with Gasteiger partial charge in [-0.2, -0.15) is 0 Å². The van der Waals surface area contributed by atoms with Gasteiger partial charge in [0.25, 0.3) is 0 Å². The van der Waals surface area contributed by atoms with Crippen molar-refractivity contribution in [1.29, 1.82) is 0 Å². The molecule has 0 saturated heterocycles. The molecule has 3 rings (SSSR count). The number of aliphatic hydroxyl groups excluding tert-OH is 1. The lowest BCUT2D eigenvalue weighted by atomic mass is 9.93. The van der Waals surface area contributed by atoms with E-state index in [4.69, 9.17) is 0 Å². The molecule has 3 N–H and O–H groups in total. The lowest BCUT2D eigenvalue weighted by Gasteiger charge is -2.14. The van der Waals surface area contributed by atoms with Crippen LogP contribution in [0.4, 0.5) is 10.9 Å². The number of nitrogens with zero attached hydrogens (tertiary/aromatic N) is 3. The van der Waals surface area contributed by atoms with Crippen LogP contribution in [-0.2, 0) is 11.2 Å². The highest BCUT2D eigenvalue weighted by molar-refractivity contribution is 7.16. The smallest absolute Gasteiger partial charge is 0.240 e. The molecule has 0 atom stereocenters. The first kappa shape index (κ1) is 20.0. The van der Waals surface area contributed by atoms with Crippen LogP contribution in [0.5, 0.6) is 0 Å². The van der Waals surface area contributed by atoms with Crippen LogP contribution in [0.25, 0.3) is 5.76 Å². The van der Waals surface area contributed by atoms with Crippen molar-refractivity contribution >= 4 is 39.7 Å². The van der Waals surface area contributed by atoms with Crippen LogP contribution in [0.2, 0.25) is 0 Å². The maximum absolute atomic E-state index is 12.8. The number of fused-ring (bicyclic) bond motifs is 1. The van der Waals surface area contributed by atoms with Gasteiger partial charge in [-0.1, -0.05) is 11.3 Å². The van der Waals surface area contributed by atoms with Gasteiger partial charge in [-0.05, 0) is 46.0 Å². The van der Waals surface area contributed by atoms with E-state index in [2.05, 4.69) is 20.6 Å². The molecule has 8 nitrogen and oxygen atoms in total. The predicted octanol–water partition coefficient (Wildman–Crippen LogP) is 2.57. The molecule has 2 heterocycles. The van der Waals surface area contributed by atoms with E-state index in [0.29, 0.717) is 45.5 Å². The topological polar surface area (TPSA) is 107 Å². The molecule has 148 valence electrons. The van der Waals surface area contributed by atoms with Crippen LogP contribution in [-0.4, -0.2) is 58.8 Å². The van der Waals surface area contributed by atoms with Crippen LogP contribution < -0.4 is 10.6 Å². The van der Waals surface area contributed by atoms with Gasteiger partial charge in [-0.3, -0.25) is 9.59 Å². The molecule has 9 heteroatoms. The molecule has 0 bridgehead atoms. The van der Waals surface area contributed by atoms with Crippen molar-refractivity contribution in [3.05, 3.63) is 40.0 Å². The van der Waals surface area contributed by atoms with E-state index >= 15 is 0 Å². The number of Topliss-reactive ketones (excluding diaryl/α,β-unsaturated/α-hetero) is 1. The molecular formula is C19H23N5O3S. The zero-order valence-electron chi connectivity index (χ0n) is 16.1. The Hall–Kier alpha value is -2.78. The Labute approximate surface area is 167 Å². The van der Waals surface area contributed by atoms with Crippen LogP contribution in [0, 0.1) is 0 Å². The van der Waals surface area contributed by atoms with Gasteiger partial charge in [0.2, 0.25) is 5.91 Å². The Balaban J connectivity index is 1.81. The molecule has 0 unspecified atom stereocenters. The summed E-state index contributed by atoms with van der Waals surface area (Å²) in [6, 6.07) is 3.44. The second kappa shape index (κ2) is 8.49. The fourth-order valence-corrected chi connectivity index (χ4v) is 3.91. The number of thiazole rings is 1. The largest absolute Gasteiger partial charge is 0.506 e. The lowest BCUT2D eigenvalue weighted by Crippen LogP contribution is -2.27. The van der Waals surface area contributed by atoms with Crippen molar-refractivity contribution in [2.24, 2.45) is 0 Å². The summed E-state index contributed by atoms with van der Waals surface area (Å²) in [4.78, 5) is 35.6. The Bertz CT molecular complexity index is 918. The Morgan fingerprint density at radius 3 is 2.71 bits per heavy atom. The van der Waals surface area contributed by atoms with Crippen molar-refractivity contribution in [2.45, 2.75) is 19.8 Å². The number of carbonyl (C=O) groups is 2. The van der Waals surface area contributed by atoms with E-state index in [1.807, 2.05) is 6.92 Å². The number of aryl methyl sites for hydroxylation is 1. The van der Waals surface area contributed by atoms with E-state index < -0.39 is 0 Å². The molecule has 2 aromatic rings. The molecule has 0 saturated carbocycles. The molecule has 2 aromatic heterocycles. The number of hydrogen-bond acceptors (Lipinski definition) is 8. The SMILES string of the molecule is CCNc1ccc(C(=O)C2=C(O)c3sc(NC(=O)CN(C)C)nc3CC2)cn1. The van der Waals surface area contributed by atoms with E-state index in [-0.39, 0.29) is 24.0 Å². The third-order valence-corrected chi connectivity index (χ3v) is 5.19. The summed E-state index contributed by atoms with van der Waals surface area (Å²) in [7, 11) is 3.61. The molecule has 1 aliphatic rings. The number of aliphatic hydroxyl groups is 1. The minimum Gasteiger partial charge on any atom is -0.506 e. The van der Waals surface area contributed by atoms with E-state index in [1.165, 1.54) is 17.5 Å². The summed E-state index contributed by atoms with van der Waals surface area (Å²) < 4.78 is 0. The molecule has 0 fully saturated rings. The van der Waals surface area contributed by atoms with Gasteiger partial charge in [0.1, 0.15) is 11.6 Å². The average molecular weight is 401 g/mol. The molecule has 0 aliphatic heterocycles. The van der Waals surface area contributed by atoms with Gasteiger partial charge in [0.15, 0.2) is 10.9 Å². The highest BCUT2D eigenvalue weighted by Crippen LogP contribution is 2.37. The fraction of sp³-hybridized carbons (Fsp3) is 0.368. The molecule has 0 spiro atoms.